The van der Waals surface area contributed by atoms with E-state index in [0.29, 0.717) is 6.04 Å². The molecule has 4 nitrogen and oxygen atoms in total. The number of hydrogen-bond donors (Lipinski definition) is 0. The fourth-order valence-electron chi connectivity index (χ4n) is 2.62. The van der Waals surface area contributed by atoms with Crippen LogP contribution in [0.1, 0.15) is 19.4 Å². The summed E-state index contributed by atoms with van der Waals surface area (Å²) < 4.78 is 5.44. The predicted molar refractivity (Wildman–Crippen MR) is 77.0 cm³/mol. The molecule has 1 aromatic rings. The van der Waals surface area contributed by atoms with E-state index in [9.17, 15) is 0 Å². The van der Waals surface area contributed by atoms with Crippen LogP contribution in [0.25, 0.3) is 0 Å². The van der Waals surface area contributed by atoms with Crippen molar-refractivity contribution in [2.45, 2.75) is 26.4 Å². The van der Waals surface area contributed by atoms with Crippen LogP contribution in [-0.2, 0) is 11.3 Å². The van der Waals surface area contributed by atoms with Gasteiger partial charge in [0, 0.05) is 57.8 Å². The summed E-state index contributed by atoms with van der Waals surface area (Å²) in [6, 6.07) is 4.77. The minimum Gasteiger partial charge on any atom is -0.380 e. The third-order valence-corrected chi connectivity index (χ3v) is 3.71. The lowest BCUT2D eigenvalue weighted by Gasteiger charge is -2.39. The van der Waals surface area contributed by atoms with Crippen LogP contribution in [0.5, 0.6) is 0 Å². The van der Waals surface area contributed by atoms with Gasteiger partial charge in [0.05, 0.1) is 6.61 Å². The normalized spacial score (nSPS) is 21.7. The standard InChI is InChI=1S/C15H25N3O/c1-3-19-10-9-18-8-7-17(12-14(18)2)13-15-5-4-6-16-11-15/h4-6,11,14H,3,7-10,12-13H2,1-2H3/t14-/m0/s1. The lowest BCUT2D eigenvalue weighted by atomic mass is 10.1. The van der Waals surface area contributed by atoms with Gasteiger partial charge in [-0.05, 0) is 25.5 Å². The van der Waals surface area contributed by atoms with Crippen LogP contribution in [0, 0.1) is 0 Å². The molecular weight excluding hydrogens is 238 g/mol. The number of hydrogen-bond acceptors (Lipinski definition) is 4. The highest BCUT2D eigenvalue weighted by atomic mass is 16.5. The number of piperazine rings is 1. The molecule has 0 N–H and O–H groups in total. The van der Waals surface area contributed by atoms with Gasteiger partial charge in [0.2, 0.25) is 0 Å². The molecule has 0 spiro atoms. The Bertz CT molecular complexity index is 358. The molecule has 1 aliphatic heterocycles. The molecule has 1 aliphatic rings. The molecule has 0 amide bonds. The minimum absolute atomic E-state index is 0.603. The summed E-state index contributed by atoms with van der Waals surface area (Å²) in [5, 5.41) is 0. The van der Waals surface area contributed by atoms with E-state index in [-0.39, 0.29) is 0 Å². The second kappa shape index (κ2) is 7.58. The van der Waals surface area contributed by atoms with Crippen LogP contribution in [-0.4, -0.2) is 60.2 Å². The molecule has 0 radical (unpaired) electrons. The SMILES string of the molecule is CCOCCN1CCN(Cc2cccnc2)C[C@@H]1C. The van der Waals surface area contributed by atoms with E-state index in [1.807, 2.05) is 18.5 Å². The summed E-state index contributed by atoms with van der Waals surface area (Å²) in [4.78, 5) is 9.22. The average Bonchev–Trinajstić information content (AvgIpc) is 2.43. The lowest BCUT2D eigenvalue weighted by molar-refractivity contribution is 0.0466. The first-order chi connectivity index (χ1) is 9.29. The molecule has 2 rings (SSSR count). The molecule has 2 heterocycles. The molecule has 0 bridgehead atoms. The smallest absolute Gasteiger partial charge is 0.0593 e. The van der Waals surface area contributed by atoms with E-state index in [2.05, 4.69) is 34.7 Å². The van der Waals surface area contributed by atoms with E-state index in [1.54, 1.807) is 0 Å². The first kappa shape index (κ1) is 14.4. The number of pyridine rings is 1. The lowest BCUT2D eigenvalue weighted by Crippen LogP contribution is -2.52. The summed E-state index contributed by atoms with van der Waals surface area (Å²) in [5.41, 5.74) is 1.30. The van der Waals surface area contributed by atoms with Gasteiger partial charge < -0.3 is 4.74 Å². The Balaban J connectivity index is 1.76. The molecule has 0 aliphatic carbocycles. The first-order valence-corrected chi connectivity index (χ1v) is 7.22. The van der Waals surface area contributed by atoms with E-state index >= 15 is 0 Å². The molecule has 0 aromatic carbocycles. The van der Waals surface area contributed by atoms with Gasteiger partial charge in [-0.15, -0.1) is 0 Å². The minimum atomic E-state index is 0.603. The Kier molecular flexibility index (Phi) is 5.76. The number of rotatable bonds is 6. The van der Waals surface area contributed by atoms with Gasteiger partial charge >= 0.3 is 0 Å². The molecule has 19 heavy (non-hydrogen) atoms. The van der Waals surface area contributed by atoms with Gasteiger partial charge in [0.15, 0.2) is 0 Å². The Morgan fingerprint density at radius 3 is 3.00 bits per heavy atom. The second-order valence-electron chi connectivity index (χ2n) is 5.18. The molecule has 1 atom stereocenters. The van der Waals surface area contributed by atoms with Crippen molar-refractivity contribution in [2.75, 3.05) is 39.4 Å². The fraction of sp³-hybridized carbons (Fsp3) is 0.667. The largest absolute Gasteiger partial charge is 0.380 e. The Morgan fingerprint density at radius 2 is 2.32 bits per heavy atom. The van der Waals surface area contributed by atoms with Gasteiger partial charge in [0.25, 0.3) is 0 Å². The highest BCUT2D eigenvalue weighted by molar-refractivity contribution is 5.08. The van der Waals surface area contributed by atoms with Crippen molar-refractivity contribution in [3.63, 3.8) is 0 Å². The van der Waals surface area contributed by atoms with Gasteiger partial charge in [0.1, 0.15) is 0 Å². The van der Waals surface area contributed by atoms with E-state index in [0.717, 1.165) is 45.9 Å². The van der Waals surface area contributed by atoms with Crippen molar-refractivity contribution in [1.82, 2.24) is 14.8 Å². The molecule has 1 aromatic heterocycles. The zero-order valence-corrected chi connectivity index (χ0v) is 12.1. The van der Waals surface area contributed by atoms with Crippen LogP contribution in [0.2, 0.25) is 0 Å². The monoisotopic (exact) mass is 263 g/mol. The van der Waals surface area contributed by atoms with Crippen molar-refractivity contribution in [3.8, 4) is 0 Å². The number of nitrogens with zero attached hydrogens (tertiary/aromatic N) is 3. The quantitative estimate of drug-likeness (QED) is 0.729. The van der Waals surface area contributed by atoms with Gasteiger partial charge in [-0.25, -0.2) is 0 Å². The second-order valence-corrected chi connectivity index (χ2v) is 5.18. The van der Waals surface area contributed by atoms with Gasteiger partial charge in [-0.3, -0.25) is 14.8 Å². The number of aromatic nitrogens is 1. The van der Waals surface area contributed by atoms with Crippen LogP contribution in [0.15, 0.2) is 24.5 Å². The average molecular weight is 263 g/mol. The van der Waals surface area contributed by atoms with E-state index in [1.165, 1.54) is 5.56 Å². The summed E-state index contributed by atoms with van der Waals surface area (Å²) in [6.07, 6.45) is 3.80. The van der Waals surface area contributed by atoms with E-state index in [4.69, 9.17) is 4.74 Å². The maximum absolute atomic E-state index is 5.44. The van der Waals surface area contributed by atoms with Crippen LogP contribution < -0.4 is 0 Å². The maximum Gasteiger partial charge on any atom is 0.0593 e. The van der Waals surface area contributed by atoms with Crippen molar-refractivity contribution in [1.29, 1.82) is 0 Å². The van der Waals surface area contributed by atoms with Crippen LogP contribution >= 0.6 is 0 Å². The third-order valence-electron chi connectivity index (χ3n) is 3.71. The molecule has 0 saturated carbocycles. The Hall–Kier alpha value is -0.970. The molecular formula is C15H25N3O. The summed E-state index contributed by atoms with van der Waals surface area (Å²) in [6.45, 7) is 11.5. The van der Waals surface area contributed by atoms with Gasteiger partial charge in [-0.1, -0.05) is 6.07 Å². The molecule has 1 fully saturated rings. The molecule has 1 saturated heterocycles. The van der Waals surface area contributed by atoms with E-state index < -0.39 is 0 Å². The van der Waals surface area contributed by atoms with Crippen molar-refractivity contribution in [2.24, 2.45) is 0 Å². The Labute approximate surface area is 116 Å². The van der Waals surface area contributed by atoms with Crippen molar-refractivity contribution in [3.05, 3.63) is 30.1 Å². The first-order valence-electron chi connectivity index (χ1n) is 7.22. The molecule has 4 heteroatoms. The highest BCUT2D eigenvalue weighted by Gasteiger charge is 2.23. The maximum atomic E-state index is 5.44. The topological polar surface area (TPSA) is 28.6 Å². The summed E-state index contributed by atoms with van der Waals surface area (Å²) in [7, 11) is 0. The molecule has 0 unspecified atom stereocenters. The zero-order chi connectivity index (χ0) is 13.5. The zero-order valence-electron chi connectivity index (χ0n) is 12.1. The van der Waals surface area contributed by atoms with Gasteiger partial charge in [-0.2, -0.15) is 0 Å². The van der Waals surface area contributed by atoms with Crippen LogP contribution in [0.4, 0.5) is 0 Å². The Morgan fingerprint density at radius 1 is 1.42 bits per heavy atom. The van der Waals surface area contributed by atoms with Crippen LogP contribution in [0.3, 0.4) is 0 Å². The predicted octanol–water partition coefficient (Wildman–Crippen LogP) is 1.62. The van der Waals surface area contributed by atoms with Crippen molar-refractivity contribution < 1.29 is 4.74 Å². The summed E-state index contributed by atoms with van der Waals surface area (Å²) >= 11 is 0. The van der Waals surface area contributed by atoms with Crippen molar-refractivity contribution >= 4 is 0 Å². The summed E-state index contributed by atoms with van der Waals surface area (Å²) in [5.74, 6) is 0. The molecule has 106 valence electrons. The third kappa shape index (κ3) is 4.56. The highest BCUT2D eigenvalue weighted by Crippen LogP contribution is 2.12. The fourth-order valence-corrected chi connectivity index (χ4v) is 2.62. The number of ether oxygens (including phenoxy) is 1.